The molecule has 0 spiro atoms. The van der Waals surface area contributed by atoms with E-state index < -0.39 is 0 Å². The van der Waals surface area contributed by atoms with Gasteiger partial charge in [-0.2, -0.15) is 0 Å². The van der Waals surface area contributed by atoms with Crippen LogP contribution in [0.5, 0.6) is 11.5 Å². The van der Waals surface area contributed by atoms with Gasteiger partial charge in [0.2, 0.25) is 0 Å². The van der Waals surface area contributed by atoms with Crippen LogP contribution in [0.25, 0.3) is 36.9 Å². The second-order valence-electron chi connectivity index (χ2n) is 11.3. The van der Waals surface area contributed by atoms with Crippen LogP contribution >= 0.6 is 11.3 Å². The molecule has 5 heteroatoms. The first kappa shape index (κ1) is 23.3. The van der Waals surface area contributed by atoms with Crippen LogP contribution in [-0.4, -0.2) is 11.3 Å². The van der Waals surface area contributed by atoms with E-state index in [2.05, 4.69) is 149 Å². The van der Waals surface area contributed by atoms with Gasteiger partial charge < -0.3 is 14.2 Å². The molecule has 43 heavy (non-hydrogen) atoms. The van der Waals surface area contributed by atoms with Crippen LogP contribution in [0, 0.1) is 0 Å². The molecule has 0 amide bonds. The number of para-hydroxylation sites is 4. The molecular formula is C38H23BN2OS. The number of rotatable bonds is 3. The van der Waals surface area contributed by atoms with E-state index in [1.54, 1.807) is 0 Å². The number of hydrogen-bond donors (Lipinski definition) is 0. The van der Waals surface area contributed by atoms with Gasteiger partial charge in [-0.15, -0.1) is 11.3 Å². The van der Waals surface area contributed by atoms with Crippen molar-refractivity contribution in [2.45, 2.75) is 0 Å². The SMILES string of the molecule is c1ccc(N(c2ccccc2)c2cc3c4c(c2)-n2c5c(cccc5c5sc6ccccc6c52)B4c2ccccc2O3)cc1. The molecule has 2 aromatic heterocycles. The topological polar surface area (TPSA) is 17.4 Å². The summed E-state index contributed by atoms with van der Waals surface area (Å²) in [7, 11) is 0. The first-order valence-corrected chi connectivity index (χ1v) is 15.5. The van der Waals surface area contributed by atoms with Crippen molar-refractivity contribution in [1.29, 1.82) is 0 Å². The fourth-order valence-corrected chi connectivity index (χ4v) is 8.53. The number of nitrogens with zero attached hydrogens (tertiary/aromatic N) is 2. The van der Waals surface area contributed by atoms with E-state index in [-0.39, 0.29) is 6.71 Å². The van der Waals surface area contributed by atoms with Crippen molar-refractivity contribution in [3.8, 4) is 17.2 Å². The fraction of sp³-hybridized carbons (Fsp3) is 0. The summed E-state index contributed by atoms with van der Waals surface area (Å²) in [5.41, 5.74) is 10.8. The van der Waals surface area contributed by atoms with Crippen molar-refractivity contribution in [3.63, 3.8) is 0 Å². The number of ether oxygens (including phenoxy) is 1. The second kappa shape index (κ2) is 8.63. The first-order valence-electron chi connectivity index (χ1n) is 14.6. The van der Waals surface area contributed by atoms with Crippen molar-refractivity contribution < 1.29 is 4.74 Å². The van der Waals surface area contributed by atoms with E-state index in [4.69, 9.17) is 4.74 Å². The molecule has 0 bridgehead atoms. The number of thiophene rings is 1. The third-order valence-electron chi connectivity index (χ3n) is 9.01. The molecule has 8 aromatic rings. The number of anilines is 3. The lowest BCUT2D eigenvalue weighted by Gasteiger charge is -2.35. The molecule has 0 N–H and O–H groups in total. The van der Waals surface area contributed by atoms with Gasteiger partial charge in [0, 0.05) is 38.6 Å². The van der Waals surface area contributed by atoms with E-state index in [1.807, 2.05) is 11.3 Å². The van der Waals surface area contributed by atoms with Gasteiger partial charge in [-0.25, -0.2) is 0 Å². The standard InChI is InChI=1S/C38H23BN2OS/c1-3-12-24(13-4-1)40(25-14-5-2-6-15-25)26-22-31-35-33(23-26)42-32-20-9-8-18-29(32)39(35)30-19-11-17-28-36(30)41(31)37-27-16-7-10-21-34(27)43-38(28)37/h1-23H. The average Bonchev–Trinajstić information content (AvgIpc) is 3.60. The summed E-state index contributed by atoms with van der Waals surface area (Å²) in [6.07, 6.45) is 0. The molecule has 10 rings (SSSR count). The Hall–Kier alpha value is -5.26. The van der Waals surface area contributed by atoms with E-state index in [1.165, 1.54) is 53.3 Å². The normalized spacial score (nSPS) is 12.8. The van der Waals surface area contributed by atoms with Crippen LogP contribution in [0.4, 0.5) is 17.1 Å². The molecule has 4 heterocycles. The van der Waals surface area contributed by atoms with Gasteiger partial charge in [-0.1, -0.05) is 91.0 Å². The van der Waals surface area contributed by atoms with Crippen LogP contribution in [0.15, 0.2) is 140 Å². The zero-order valence-corrected chi connectivity index (χ0v) is 23.9. The van der Waals surface area contributed by atoms with Crippen LogP contribution in [-0.2, 0) is 0 Å². The van der Waals surface area contributed by atoms with Crippen molar-refractivity contribution in [2.75, 3.05) is 4.90 Å². The molecule has 0 fully saturated rings. The predicted octanol–water partition coefficient (Wildman–Crippen LogP) is 8.40. The summed E-state index contributed by atoms with van der Waals surface area (Å²) in [6.45, 7) is 0.0948. The lowest BCUT2D eigenvalue weighted by Crippen LogP contribution is -2.58. The maximum atomic E-state index is 6.82. The van der Waals surface area contributed by atoms with Crippen molar-refractivity contribution in [1.82, 2.24) is 4.57 Å². The van der Waals surface area contributed by atoms with Crippen molar-refractivity contribution in [3.05, 3.63) is 140 Å². The first-order chi connectivity index (χ1) is 21.3. The number of benzene rings is 6. The molecule has 0 atom stereocenters. The minimum atomic E-state index is 0.0948. The molecule has 6 aromatic carbocycles. The molecule has 3 nitrogen and oxygen atoms in total. The Kier molecular flexibility index (Phi) is 4.68. The van der Waals surface area contributed by atoms with Crippen LogP contribution in [0.3, 0.4) is 0 Å². The highest BCUT2D eigenvalue weighted by molar-refractivity contribution is 7.26. The highest BCUT2D eigenvalue weighted by atomic mass is 32.1. The molecule has 0 saturated carbocycles. The summed E-state index contributed by atoms with van der Waals surface area (Å²) in [5, 5.41) is 2.61. The third-order valence-corrected chi connectivity index (χ3v) is 10.2. The lowest BCUT2D eigenvalue weighted by atomic mass is 9.34. The number of hydrogen-bond acceptors (Lipinski definition) is 3. The van der Waals surface area contributed by atoms with Gasteiger partial charge in [-0.3, -0.25) is 0 Å². The van der Waals surface area contributed by atoms with Crippen molar-refractivity contribution >= 4 is 82.7 Å². The van der Waals surface area contributed by atoms with E-state index in [0.29, 0.717) is 0 Å². The Balaban J connectivity index is 1.37. The molecular weight excluding hydrogens is 543 g/mol. The maximum absolute atomic E-state index is 6.82. The van der Waals surface area contributed by atoms with Gasteiger partial charge in [-0.05, 0) is 58.9 Å². The molecule has 0 aliphatic carbocycles. The Morgan fingerprint density at radius 1 is 0.558 bits per heavy atom. The minimum Gasteiger partial charge on any atom is -0.458 e. The molecule has 2 aliphatic heterocycles. The van der Waals surface area contributed by atoms with Crippen molar-refractivity contribution in [2.24, 2.45) is 0 Å². The van der Waals surface area contributed by atoms with E-state index >= 15 is 0 Å². The molecule has 0 saturated heterocycles. The lowest BCUT2D eigenvalue weighted by molar-refractivity contribution is 0.487. The molecule has 2 aliphatic rings. The Bertz CT molecular complexity index is 2350. The minimum absolute atomic E-state index is 0.0948. The Morgan fingerprint density at radius 3 is 2.05 bits per heavy atom. The summed E-state index contributed by atoms with van der Waals surface area (Å²) in [5.74, 6) is 1.84. The fourth-order valence-electron chi connectivity index (χ4n) is 7.31. The summed E-state index contributed by atoms with van der Waals surface area (Å²) in [4.78, 5) is 2.33. The smallest absolute Gasteiger partial charge is 0.256 e. The summed E-state index contributed by atoms with van der Waals surface area (Å²) < 4.78 is 12.0. The molecule has 0 unspecified atom stereocenters. The maximum Gasteiger partial charge on any atom is 0.256 e. The average molecular weight is 566 g/mol. The highest BCUT2D eigenvalue weighted by Gasteiger charge is 2.41. The zero-order valence-electron chi connectivity index (χ0n) is 23.1. The molecule has 0 radical (unpaired) electrons. The highest BCUT2D eigenvalue weighted by Crippen LogP contribution is 2.46. The van der Waals surface area contributed by atoms with Gasteiger partial charge in [0.15, 0.2) is 0 Å². The van der Waals surface area contributed by atoms with Crippen LogP contribution in [0.2, 0.25) is 0 Å². The monoisotopic (exact) mass is 566 g/mol. The van der Waals surface area contributed by atoms with Gasteiger partial charge in [0.25, 0.3) is 6.71 Å². The Labute approximate surface area is 252 Å². The van der Waals surface area contributed by atoms with E-state index in [0.717, 1.165) is 28.6 Å². The number of fused-ring (bicyclic) bond motifs is 9. The summed E-state index contributed by atoms with van der Waals surface area (Å²) >= 11 is 1.89. The number of aromatic nitrogens is 1. The second-order valence-corrected chi connectivity index (χ2v) is 12.4. The largest absolute Gasteiger partial charge is 0.458 e. The van der Waals surface area contributed by atoms with Gasteiger partial charge >= 0.3 is 0 Å². The Morgan fingerprint density at radius 2 is 1.23 bits per heavy atom. The van der Waals surface area contributed by atoms with Crippen LogP contribution < -0.4 is 26.0 Å². The van der Waals surface area contributed by atoms with Crippen LogP contribution in [0.1, 0.15) is 0 Å². The quantitative estimate of drug-likeness (QED) is 0.200. The third kappa shape index (κ3) is 3.15. The van der Waals surface area contributed by atoms with E-state index in [9.17, 15) is 0 Å². The molecule has 200 valence electrons. The zero-order chi connectivity index (χ0) is 28.1. The predicted molar refractivity (Wildman–Crippen MR) is 182 cm³/mol. The van der Waals surface area contributed by atoms with Gasteiger partial charge in [0.05, 0.1) is 21.4 Å². The summed E-state index contributed by atoms with van der Waals surface area (Å²) in [6, 6.07) is 50.0. The van der Waals surface area contributed by atoms with Gasteiger partial charge in [0.1, 0.15) is 11.5 Å².